The number of hydrogen-bond acceptors (Lipinski definition) is 3. The Hall–Kier alpha value is -1.88. The van der Waals surface area contributed by atoms with Crippen molar-refractivity contribution < 1.29 is 4.79 Å². The van der Waals surface area contributed by atoms with Crippen molar-refractivity contribution in [1.82, 2.24) is 20.2 Å². The summed E-state index contributed by atoms with van der Waals surface area (Å²) in [4.78, 5) is 16.2. The van der Waals surface area contributed by atoms with Gasteiger partial charge in [0.15, 0.2) is 0 Å². The molecule has 0 spiro atoms. The molecule has 3 rings (SSSR count). The first-order valence-corrected chi connectivity index (χ1v) is 7.64. The molecule has 1 aromatic heterocycles. The number of benzene rings is 1. The van der Waals surface area contributed by atoms with Crippen molar-refractivity contribution in [2.24, 2.45) is 7.05 Å². The van der Waals surface area contributed by atoms with Crippen LogP contribution in [0, 0.1) is 0 Å². The molecule has 112 valence electrons. The van der Waals surface area contributed by atoms with Crippen LogP contribution in [0.15, 0.2) is 24.3 Å². The highest BCUT2D eigenvalue weighted by Gasteiger charge is 2.22. The van der Waals surface area contributed by atoms with E-state index >= 15 is 0 Å². The van der Waals surface area contributed by atoms with E-state index in [-0.39, 0.29) is 5.91 Å². The first kappa shape index (κ1) is 14.1. The predicted octanol–water partition coefficient (Wildman–Crippen LogP) is 1.72. The van der Waals surface area contributed by atoms with Crippen LogP contribution >= 0.6 is 0 Å². The summed E-state index contributed by atoms with van der Waals surface area (Å²) in [6.07, 6.45) is 3.77. The number of para-hydroxylation sites is 2. The quantitative estimate of drug-likeness (QED) is 0.762. The lowest BCUT2D eigenvalue weighted by Crippen LogP contribution is -2.26. The second-order valence-electron chi connectivity index (χ2n) is 5.70. The maximum atomic E-state index is 11.5. The zero-order valence-electron chi connectivity index (χ0n) is 12.4. The Balaban J connectivity index is 1.41. The van der Waals surface area contributed by atoms with Gasteiger partial charge in [-0.15, -0.1) is 0 Å². The molecule has 1 aromatic carbocycles. The van der Waals surface area contributed by atoms with Crippen molar-refractivity contribution in [2.45, 2.75) is 38.3 Å². The van der Waals surface area contributed by atoms with Crippen LogP contribution in [0.2, 0.25) is 0 Å². The van der Waals surface area contributed by atoms with E-state index in [4.69, 9.17) is 0 Å². The van der Waals surface area contributed by atoms with Gasteiger partial charge in [-0.25, -0.2) is 4.98 Å². The predicted molar refractivity (Wildman–Crippen MR) is 82.8 cm³/mol. The second kappa shape index (κ2) is 6.26. The first-order valence-electron chi connectivity index (χ1n) is 7.64. The van der Waals surface area contributed by atoms with Crippen LogP contribution < -0.4 is 10.6 Å². The van der Waals surface area contributed by atoms with Crippen molar-refractivity contribution in [1.29, 1.82) is 0 Å². The van der Waals surface area contributed by atoms with E-state index in [9.17, 15) is 4.79 Å². The van der Waals surface area contributed by atoms with Crippen molar-refractivity contribution in [2.75, 3.05) is 6.54 Å². The number of carbonyl (C=O) groups is 1. The molecule has 1 fully saturated rings. The van der Waals surface area contributed by atoms with Gasteiger partial charge in [-0.1, -0.05) is 12.1 Å². The third-order valence-corrected chi connectivity index (χ3v) is 3.86. The Kier molecular flexibility index (Phi) is 4.20. The molecule has 1 aliphatic carbocycles. The smallest absolute Gasteiger partial charge is 0.220 e. The normalized spacial score (nSPS) is 14.5. The highest BCUT2D eigenvalue weighted by Crippen LogP contribution is 2.18. The van der Waals surface area contributed by atoms with Crippen molar-refractivity contribution in [3.63, 3.8) is 0 Å². The third-order valence-electron chi connectivity index (χ3n) is 3.86. The fourth-order valence-corrected chi connectivity index (χ4v) is 2.46. The van der Waals surface area contributed by atoms with Gasteiger partial charge in [0.25, 0.3) is 0 Å². The van der Waals surface area contributed by atoms with Crippen LogP contribution in [0.3, 0.4) is 0 Å². The second-order valence-corrected chi connectivity index (χ2v) is 5.70. The number of hydrogen-bond donors (Lipinski definition) is 2. The van der Waals surface area contributed by atoms with E-state index in [2.05, 4.69) is 26.3 Å². The average molecular weight is 286 g/mol. The standard InChI is InChI=1S/C16H22N4O/c1-20-14-6-3-2-5-13(14)19-15(20)11-17-10-4-7-16(21)18-12-8-9-12/h2-3,5-6,12,17H,4,7-11H2,1H3,(H,18,21). The van der Waals surface area contributed by atoms with Gasteiger partial charge in [0, 0.05) is 19.5 Å². The Morgan fingerprint density at radius 3 is 2.95 bits per heavy atom. The van der Waals surface area contributed by atoms with Crippen LogP contribution in [-0.2, 0) is 18.4 Å². The van der Waals surface area contributed by atoms with Crippen molar-refractivity contribution in [3.05, 3.63) is 30.1 Å². The van der Waals surface area contributed by atoms with Gasteiger partial charge in [0.1, 0.15) is 5.82 Å². The molecule has 0 unspecified atom stereocenters. The molecule has 21 heavy (non-hydrogen) atoms. The van der Waals surface area contributed by atoms with E-state index in [1.165, 1.54) is 0 Å². The van der Waals surface area contributed by atoms with Crippen molar-refractivity contribution >= 4 is 16.9 Å². The highest BCUT2D eigenvalue weighted by molar-refractivity contribution is 5.76. The summed E-state index contributed by atoms with van der Waals surface area (Å²) in [5, 5.41) is 6.37. The Labute approximate surface area is 124 Å². The summed E-state index contributed by atoms with van der Waals surface area (Å²) in [7, 11) is 2.04. The largest absolute Gasteiger partial charge is 0.353 e. The van der Waals surface area contributed by atoms with E-state index in [0.717, 1.165) is 49.2 Å². The molecule has 5 heteroatoms. The fraction of sp³-hybridized carbons (Fsp3) is 0.500. The number of aryl methyl sites for hydroxylation is 1. The fourth-order valence-electron chi connectivity index (χ4n) is 2.46. The zero-order chi connectivity index (χ0) is 14.7. The average Bonchev–Trinajstić information content (AvgIpc) is 3.23. The minimum absolute atomic E-state index is 0.182. The lowest BCUT2D eigenvalue weighted by molar-refractivity contribution is -0.121. The number of imidazole rings is 1. The van der Waals surface area contributed by atoms with Gasteiger partial charge in [0.05, 0.1) is 17.6 Å². The molecule has 1 saturated carbocycles. The van der Waals surface area contributed by atoms with E-state index < -0.39 is 0 Å². The molecule has 1 amide bonds. The van der Waals surface area contributed by atoms with E-state index in [0.29, 0.717) is 12.5 Å². The molecule has 0 bridgehead atoms. The lowest BCUT2D eigenvalue weighted by atomic mass is 10.3. The number of aromatic nitrogens is 2. The molecule has 0 radical (unpaired) electrons. The third kappa shape index (κ3) is 3.61. The number of amides is 1. The Bertz CT molecular complexity index is 630. The molecule has 0 aliphatic heterocycles. The summed E-state index contributed by atoms with van der Waals surface area (Å²) in [6.45, 7) is 1.57. The molecule has 2 N–H and O–H groups in total. The summed E-state index contributed by atoms with van der Waals surface area (Å²) in [5.41, 5.74) is 2.18. The van der Waals surface area contributed by atoms with E-state index in [1.807, 2.05) is 25.2 Å². The van der Waals surface area contributed by atoms with Crippen LogP contribution in [0.25, 0.3) is 11.0 Å². The van der Waals surface area contributed by atoms with Crippen LogP contribution in [0.1, 0.15) is 31.5 Å². The minimum atomic E-state index is 0.182. The Morgan fingerprint density at radius 2 is 2.19 bits per heavy atom. The molecule has 1 heterocycles. The van der Waals surface area contributed by atoms with Gasteiger partial charge in [-0.3, -0.25) is 4.79 Å². The number of nitrogens with one attached hydrogen (secondary N) is 2. The minimum Gasteiger partial charge on any atom is -0.353 e. The summed E-state index contributed by atoms with van der Waals surface area (Å²) in [5.74, 6) is 1.21. The number of nitrogens with zero attached hydrogens (tertiary/aromatic N) is 2. The molecular weight excluding hydrogens is 264 g/mol. The maximum Gasteiger partial charge on any atom is 0.220 e. The van der Waals surface area contributed by atoms with Gasteiger partial charge >= 0.3 is 0 Å². The van der Waals surface area contributed by atoms with Crippen LogP contribution in [-0.4, -0.2) is 28.0 Å². The molecule has 0 saturated heterocycles. The van der Waals surface area contributed by atoms with Gasteiger partial charge < -0.3 is 15.2 Å². The van der Waals surface area contributed by atoms with Crippen molar-refractivity contribution in [3.8, 4) is 0 Å². The topological polar surface area (TPSA) is 59.0 Å². The summed E-state index contributed by atoms with van der Waals surface area (Å²) in [6, 6.07) is 8.60. The van der Waals surface area contributed by atoms with Gasteiger partial charge in [-0.05, 0) is 37.9 Å². The van der Waals surface area contributed by atoms with Crippen LogP contribution in [0.5, 0.6) is 0 Å². The summed E-state index contributed by atoms with van der Waals surface area (Å²) < 4.78 is 2.11. The lowest BCUT2D eigenvalue weighted by Gasteiger charge is -2.06. The first-order chi connectivity index (χ1) is 10.2. The van der Waals surface area contributed by atoms with E-state index in [1.54, 1.807) is 0 Å². The highest BCUT2D eigenvalue weighted by atomic mass is 16.1. The number of fused-ring (bicyclic) bond motifs is 1. The number of rotatable bonds is 7. The van der Waals surface area contributed by atoms with Gasteiger partial charge in [0.2, 0.25) is 5.91 Å². The maximum absolute atomic E-state index is 11.5. The SMILES string of the molecule is Cn1c(CNCCCC(=O)NC2CC2)nc2ccccc21. The monoisotopic (exact) mass is 286 g/mol. The summed E-state index contributed by atoms with van der Waals surface area (Å²) >= 11 is 0. The zero-order valence-corrected chi connectivity index (χ0v) is 12.4. The molecular formula is C16H22N4O. The molecule has 5 nitrogen and oxygen atoms in total. The molecule has 2 aromatic rings. The van der Waals surface area contributed by atoms with Crippen LogP contribution in [0.4, 0.5) is 0 Å². The van der Waals surface area contributed by atoms with Gasteiger partial charge in [-0.2, -0.15) is 0 Å². The Morgan fingerprint density at radius 1 is 1.38 bits per heavy atom. The number of carbonyl (C=O) groups excluding carboxylic acids is 1. The molecule has 1 aliphatic rings. The molecule has 0 atom stereocenters.